The molecule has 0 unspecified atom stereocenters. The van der Waals surface area contributed by atoms with Gasteiger partial charge in [0.1, 0.15) is 17.5 Å². The Morgan fingerprint density at radius 2 is 1.92 bits per heavy atom. The lowest BCUT2D eigenvalue weighted by atomic mass is 10.2. The van der Waals surface area contributed by atoms with E-state index in [2.05, 4.69) is 20.0 Å². The lowest BCUT2D eigenvalue weighted by Crippen LogP contribution is -2.22. The van der Waals surface area contributed by atoms with Gasteiger partial charge in [-0.3, -0.25) is 10.1 Å². The zero-order chi connectivity index (χ0) is 18.6. The molecule has 2 aromatic heterocycles. The minimum Gasteiger partial charge on any atom is -0.467 e. The molecule has 0 fully saturated rings. The first-order valence-corrected chi connectivity index (χ1v) is 7.39. The highest BCUT2D eigenvalue weighted by molar-refractivity contribution is 6.04. The van der Waals surface area contributed by atoms with Gasteiger partial charge >= 0.3 is 12.2 Å². The highest BCUT2D eigenvalue weighted by Crippen LogP contribution is 2.23. The number of anilines is 1. The quantitative estimate of drug-likeness (QED) is 0.743. The molecule has 1 amide bonds. The molecule has 0 bridgehead atoms. The number of pyridine rings is 1. The monoisotopic (exact) mass is 363 g/mol. The van der Waals surface area contributed by atoms with Crippen LogP contribution < -0.4 is 10.1 Å². The summed E-state index contributed by atoms with van der Waals surface area (Å²) in [4.78, 5) is 20.1. The van der Waals surface area contributed by atoms with Crippen molar-refractivity contribution in [1.29, 1.82) is 0 Å². The van der Waals surface area contributed by atoms with Gasteiger partial charge in [-0.05, 0) is 12.1 Å². The molecule has 0 saturated heterocycles. The van der Waals surface area contributed by atoms with Crippen molar-refractivity contribution in [3.05, 3.63) is 60.5 Å². The summed E-state index contributed by atoms with van der Waals surface area (Å²) < 4.78 is 46.7. The molecule has 0 saturated carbocycles. The summed E-state index contributed by atoms with van der Waals surface area (Å²) in [7, 11) is 0. The predicted molar refractivity (Wildman–Crippen MR) is 85.7 cm³/mol. The second-order valence-corrected chi connectivity index (χ2v) is 5.12. The average Bonchev–Trinajstić information content (AvgIpc) is 3.09. The largest absolute Gasteiger partial charge is 0.467 e. The number of nitrogens with zero attached hydrogens (tertiary/aromatic N) is 2. The van der Waals surface area contributed by atoms with Crippen LogP contribution in [0.4, 0.5) is 19.2 Å². The number of halogens is 3. The van der Waals surface area contributed by atoms with E-state index in [1.807, 2.05) is 30.3 Å². The van der Waals surface area contributed by atoms with Gasteiger partial charge < -0.3 is 9.15 Å². The maximum Gasteiger partial charge on any atom is 0.422 e. The summed E-state index contributed by atoms with van der Waals surface area (Å²) in [6.07, 6.45) is -1.96. The Balaban J connectivity index is 1.74. The van der Waals surface area contributed by atoms with Crippen molar-refractivity contribution in [3.63, 3.8) is 0 Å². The molecule has 26 heavy (non-hydrogen) atoms. The first-order valence-electron chi connectivity index (χ1n) is 7.39. The first-order chi connectivity index (χ1) is 12.4. The Bertz CT molecular complexity index is 895. The van der Waals surface area contributed by atoms with E-state index < -0.39 is 24.6 Å². The molecule has 134 valence electrons. The van der Waals surface area contributed by atoms with Crippen LogP contribution in [0.3, 0.4) is 0 Å². The van der Waals surface area contributed by atoms with Crippen LogP contribution in [0.1, 0.15) is 10.4 Å². The molecule has 6 nitrogen and oxygen atoms in total. The number of benzene rings is 1. The molecule has 0 atom stereocenters. The number of hydrogen-bond acceptors (Lipinski definition) is 5. The van der Waals surface area contributed by atoms with Crippen LogP contribution in [0.15, 0.2) is 59.3 Å². The van der Waals surface area contributed by atoms with Crippen molar-refractivity contribution in [2.24, 2.45) is 0 Å². The van der Waals surface area contributed by atoms with Crippen molar-refractivity contribution >= 4 is 11.9 Å². The third kappa shape index (κ3) is 4.38. The zero-order valence-corrected chi connectivity index (χ0v) is 13.2. The summed E-state index contributed by atoms with van der Waals surface area (Å²) >= 11 is 0. The van der Waals surface area contributed by atoms with E-state index in [4.69, 9.17) is 4.42 Å². The van der Waals surface area contributed by atoms with Gasteiger partial charge in [-0.15, -0.1) is 0 Å². The molecule has 2 heterocycles. The average molecular weight is 363 g/mol. The number of aromatic nitrogens is 2. The van der Waals surface area contributed by atoms with Gasteiger partial charge in [0.15, 0.2) is 6.61 Å². The lowest BCUT2D eigenvalue weighted by molar-refractivity contribution is -0.154. The fourth-order valence-electron chi connectivity index (χ4n) is 2.07. The molecule has 0 radical (unpaired) electrons. The van der Waals surface area contributed by atoms with Crippen LogP contribution in [0, 0.1) is 0 Å². The highest BCUT2D eigenvalue weighted by Gasteiger charge is 2.29. The Morgan fingerprint density at radius 3 is 2.65 bits per heavy atom. The van der Waals surface area contributed by atoms with Crippen molar-refractivity contribution in [2.75, 3.05) is 11.9 Å². The summed E-state index contributed by atoms with van der Waals surface area (Å²) in [5, 5.41) is 2.37. The Morgan fingerprint density at radius 1 is 1.15 bits per heavy atom. The summed E-state index contributed by atoms with van der Waals surface area (Å²) in [5.41, 5.74) is 1.11. The molecule has 0 spiro atoms. The van der Waals surface area contributed by atoms with E-state index in [-0.39, 0.29) is 11.6 Å². The molecule has 3 rings (SSSR count). The normalized spacial score (nSPS) is 11.2. The number of carbonyl (C=O) groups is 1. The molecule has 0 aliphatic carbocycles. The van der Waals surface area contributed by atoms with E-state index in [9.17, 15) is 18.0 Å². The molecule has 1 N–H and O–H groups in total. The van der Waals surface area contributed by atoms with Gasteiger partial charge in [-0.25, -0.2) is 4.98 Å². The number of nitrogens with one attached hydrogen (secondary N) is 1. The van der Waals surface area contributed by atoms with Crippen LogP contribution in [-0.2, 0) is 0 Å². The maximum absolute atomic E-state index is 12.3. The second kappa shape index (κ2) is 7.26. The number of alkyl halides is 3. The molecule has 3 aromatic rings. The maximum atomic E-state index is 12.3. The van der Waals surface area contributed by atoms with Crippen LogP contribution in [-0.4, -0.2) is 28.7 Å². The number of hydrogen-bond donors (Lipinski definition) is 1. The Hall–Kier alpha value is -3.36. The van der Waals surface area contributed by atoms with E-state index in [0.29, 0.717) is 5.69 Å². The number of oxazole rings is 1. The van der Waals surface area contributed by atoms with Crippen molar-refractivity contribution < 1.29 is 27.1 Å². The highest BCUT2D eigenvalue weighted by atomic mass is 19.4. The lowest BCUT2D eigenvalue weighted by Gasteiger charge is -2.11. The van der Waals surface area contributed by atoms with Gasteiger partial charge in [0.25, 0.3) is 5.91 Å². The molecule has 0 aliphatic heterocycles. The van der Waals surface area contributed by atoms with E-state index >= 15 is 0 Å². The van der Waals surface area contributed by atoms with Gasteiger partial charge in [0.2, 0.25) is 5.88 Å². The van der Waals surface area contributed by atoms with E-state index in [1.54, 1.807) is 0 Å². The second-order valence-electron chi connectivity index (χ2n) is 5.12. The topological polar surface area (TPSA) is 77.3 Å². The summed E-state index contributed by atoms with van der Waals surface area (Å²) in [6, 6.07) is 11.7. The zero-order valence-electron chi connectivity index (χ0n) is 13.2. The minimum atomic E-state index is -4.54. The third-order valence-corrected chi connectivity index (χ3v) is 3.18. The van der Waals surface area contributed by atoms with Gasteiger partial charge in [-0.1, -0.05) is 30.3 Å². The SMILES string of the molecule is O=C(Nc1nc(-c2ccccc2)co1)c1cccnc1OCC(F)(F)F. The smallest absolute Gasteiger partial charge is 0.422 e. The molecule has 0 aliphatic rings. The van der Waals surface area contributed by atoms with E-state index in [0.717, 1.165) is 5.56 Å². The fourth-order valence-corrected chi connectivity index (χ4v) is 2.07. The number of carbonyl (C=O) groups excluding carboxylic acids is 1. The van der Waals surface area contributed by atoms with Crippen LogP contribution in [0.5, 0.6) is 5.88 Å². The van der Waals surface area contributed by atoms with Crippen molar-refractivity contribution in [2.45, 2.75) is 6.18 Å². The Labute approximate surface area is 145 Å². The fraction of sp³-hybridized carbons (Fsp3) is 0.118. The first kappa shape index (κ1) is 17.5. The van der Waals surface area contributed by atoms with Crippen molar-refractivity contribution in [1.82, 2.24) is 9.97 Å². The number of rotatable bonds is 5. The Kier molecular flexibility index (Phi) is 4.87. The summed E-state index contributed by atoms with van der Waals surface area (Å²) in [5.74, 6) is -1.19. The van der Waals surface area contributed by atoms with Crippen LogP contribution >= 0.6 is 0 Å². The standard InChI is InChI=1S/C17H12F3N3O3/c18-17(19,20)10-26-15-12(7-4-8-21-15)14(24)23-16-22-13(9-25-16)11-5-2-1-3-6-11/h1-9H,10H2,(H,22,23,24). The van der Waals surface area contributed by atoms with Crippen LogP contribution in [0.2, 0.25) is 0 Å². The van der Waals surface area contributed by atoms with Crippen molar-refractivity contribution in [3.8, 4) is 17.1 Å². The molecule has 9 heteroatoms. The summed E-state index contributed by atoms with van der Waals surface area (Å²) in [6.45, 7) is -1.55. The van der Waals surface area contributed by atoms with Crippen LogP contribution in [0.25, 0.3) is 11.3 Å². The third-order valence-electron chi connectivity index (χ3n) is 3.18. The van der Waals surface area contributed by atoms with Gasteiger partial charge in [0.05, 0.1) is 0 Å². The van der Waals surface area contributed by atoms with E-state index in [1.165, 1.54) is 24.6 Å². The molecular weight excluding hydrogens is 351 g/mol. The minimum absolute atomic E-state index is 0.0977. The number of ether oxygens (including phenoxy) is 1. The number of amides is 1. The van der Waals surface area contributed by atoms with Gasteiger partial charge in [0, 0.05) is 11.8 Å². The molecule has 1 aromatic carbocycles. The molecular formula is C17H12F3N3O3. The predicted octanol–water partition coefficient (Wildman–Crippen LogP) is 3.93. The van der Waals surface area contributed by atoms with Gasteiger partial charge in [-0.2, -0.15) is 18.2 Å².